The van der Waals surface area contributed by atoms with Gasteiger partial charge < -0.3 is 14.2 Å². The minimum absolute atomic E-state index is 0.130. The summed E-state index contributed by atoms with van der Waals surface area (Å²) in [6.07, 6.45) is 1.86. The molecule has 0 aromatic carbocycles. The third-order valence-corrected chi connectivity index (χ3v) is 6.47. The third kappa shape index (κ3) is 3.34. The second-order valence-electron chi connectivity index (χ2n) is 6.22. The fourth-order valence-corrected chi connectivity index (χ4v) is 4.52. The van der Waals surface area contributed by atoms with E-state index in [2.05, 4.69) is 16.5 Å². The molecule has 1 amide bonds. The molecule has 9 heteroatoms. The second kappa shape index (κ2) is 6.83. The molecule has 0 aliphatic carbocycles. The molecule has 1 aromatic heterocycles. The van der Waals surface area contributed by atoms with Gasteiger partial charge in [-0.15, -0.1) is 0 Å². The highest BCUT2D eigenvalue weighted by atomic mass is 32.2. The molecule has 24 heavy (non-hydrogen) atoms. The van der Waals surface area contributed by atoms with E-state index in [1.165, 1.54) is 13.3 Å². The first kappa shape index (κ1) is 17.4. The molecule has 2 saturated heterocycles. The minimum atomic E-state index is -3.72. The van der Waals surface area contributed by atoms with Crippen molar-refractivity contribution in [3.05, 3.63) is 24.2 Å². The number of hydrogen-bond donors (Lipinski definition) is 1. The van der Waals surface area contributed by atoms with E-state index >= 15 is 0 Å². The van der Waals surface area contributed by atoms with Crippen LogP contribution in [-0.2, 0) is 15.0 Å². The molecule has 3 heterocycles. The first-order valence-electron chi connectivity index (χ1n) is 8.22. The highest BCUT2D eigenvalue weighted by Gasteiger charge is 2.43. The Labute approximate surface area is 142 Å². The smallest absolute Gasteiger partial charge is 0.280 e. The average Bonchev–Trinajstić information content (AvgIpc) is 3.11. The summed E-state index contributed by atoms with van der Waals surface area (Å²) in [6.45, 7) is 5.98. The lowest BCUT2D eigenvalue weighted by molar-refractivity contribution is -0.137. The number of nitrogens with zero attached hydrogens (tertiary/aromatic N) is 3. The summed E-state index contributed by atoms with van der Waals surface area (Å²) >= 11 is 0. The molecule has 1 aromatic rings. The summed E-state index contributed by atoms with van der Waals surface area (Å²) in [4.78, 5) is 17.0. The Kier molecular flexibility index (Phi) is 4.95. The predicted molar refractivity (Wildman–Crippen MR) is 88.4 cm³/mol. The molecule has 0 radical (unpaired) electrons. The molecule has 0 saturated carbocycles. The zero-order chi connectivity index (χ0) is 17.3. The van der Waals surface area contributed by atoms with Gasteiger partial charge in [0.1, 0.15) is 11.8 Å². The Morgan fingerprint density at radius 1 is 1.33 bits per heavy atom. The van der Waals surface area contributed by atoms with Crippen LogP contribution in [0.1, 0.15) is 25.1 Å². The molecule has 8 nitrogen and oxygen atoms in total. The Hall–Kier alpha value is -1.42. The van der Waals surface area contributed by atoms with E-state index in [1.807, 2.05) is 0 Å². The molecule has 1 N–H and O–H groups in total. The number of likely N-dealkylation sites (N-methyl/N-ethyl adjacent to an activating group) is 2. The number of nitrogens with one attached hydrogen (secondary N) is 1. The van der Waals surface area contributed by atoms with Crippen LogP contribution in [0.5, 0.6) is 0 Å². The largest absolute Gasteiger partial charge is 0.468 e. The number of carbonyl (C=O) groups excluding carboxylic acids is 1. The minimum Gasteiger partial charge on any atom is -0.468 e. The quantitative estimate of drug-likeness (QED) is 0.825. The van der Waals surface area contributed by atoms with Gasteiger partial charge >= 0.3 is 0 Å². The summed E-state index contributed by atoms with van der Waals surface area (Å²) in [6, 6.07) is 2.20. The van der Waals surface area contributed by atoms with Crippen molar-refractivity contribution < 1.29 is 17.6 Å². The highest BCUT2D eigenvalue weighted by Crippen LogP contribution is 2.29. The fraction of sp³-hybridized carbons (Fsp3) is 0.667. The molecule has 2 atom stereocenters. The van der Waals surface area contributed by atoms with Crippen molar-refractivity contribution in [2.75, 3.05) is 39.8 Å². The van der Waals surface area contributed by atoms with E-state index in [1.54, 1.807) is 17.0 Å². The number of furan rings is 1. The Bertz CT molecular complexity index is 668. The molecule has 2 fully saturated rings. The topological polar surface area (TPSA) is 86.1 Å². The van der Waals surface area contributed by atoms with Crippen molar-refractivity contribution in [3.8, 4) is 0 Å². The second-order valence-corrected chi connectivity index (χ2v) is 7.98. The zero-order valence-corrected chi connectivity index (χ0v) is 14.8. The normalized spacial score (nSPS) is 28.8. The number of piperazine rings is 1. The van der Waals surface area contributed by atoms with Crippen molar-refractivity contribution in [1.29, 1.82) is 0 Å². The third-order valence-electron chi connectivity index (χ3n) is 4.87. The highest BCUT2D eigenvalue weighted by molar-refractivity contribution is 7.87. The summed E-state index contributed by atoms with van der Waals surface area (Å²) in [5.74, 6) is 0.398. The van der Waals surface area contributed by atoms with Crippen LogP contribution in [0, 0.1) is 0 Å². The van der Waals surface area contributed by atoms with Crippen LogP contribution in [0.25, 0.3) is 0 Å². The van der Waals surface area contributed by atoms with Gasteiger partial charge in [-0.1, -0.05) is 6.92 Å². The number of amides is 1. The lowest BCUT2D eigenvalue weighted by Gasteiger charge is -2.40. The van der Waals surface area contributed by atoms with E-state index in [-0.39, 0.29) is 5.91 Å². The van der Waals surface area contributed by atoms with Crippen LogP contribution >= 0.6 is 0 Å². The summed E-state index contributed by atoms with van der Waals surface area (Å²) < 4.78 is 33.8. The van der Waals surface area contributed by atoms with Gasteiger partial charge in [0.15, 0.2) is 0 Å². The first-order valence-corrected chi connectivity index (χ1v) is 9.66. The van der Waals surface area contributed by atoms with Gasteiger partial charge in [-0.05, 0) is 25.1 Å². The van der Waals surface area contributed by atoms with Gasteiger partial charge in [-0.3, -0.25) is 4.79 Å². The first-order chi connectivity index (χ1) is 11.4. The molecular weight excluding hydrogens is 332 g/mol. The molecule has 3 rings (SSSR count). The van der Waals surface area contributed by atoms with Crippen molar-refractivity contribution in [1.82, 2.24) is 18.8 Å². The SMILES string of the molecule is CCN1CCN(C(=O)[C@H]2C[C@@H](c3ccco3)NS(=O)(=O)N2C)CC1. The van der Waals surface area contributed by atoms with E-state index in [0.717, 1.165) is 23.9 Å². The maximum atomic E-state index is 12.9. The van der Waals surface area contributed by atoms with Gasteiger partial charge in [0.2, 0.25) is 5.91 Å². The van der Waals surface area contributed by atoms with Crippen LogP contribution in [0.3, 0.4) is 0 Å². The van der Waals surface area contributed by atoms with E-state index in [4.69, 9.17) is 4.42 Å². The Balaban J connectivity index is 1.76. The van der Waals surface area contributed by atoms with Crippen LogP contribution in [0.4, 0.5) is 0 Å². The maximum Gasteiger partial charge on any atom is 0.280 e. The lowest BCUT2D eigenvalue weighted by atomic mass is 10.0. The van der Waals surface area contributed by atoms with Crippen molar-refractivity contribution in [2.24, 2.45) is 0 Å². The molecule has 0 bridgehead atoms. The van der Waals surface area contributed by atoms with Gasteiger partial charge in [-0.25, -0.2) is 0 Å². The predicted octanol–water partition coefficient (Wildman–Crippen LogP) is 0.0233. The molecule has 134 valence electrons. The van der Waals surface area contributed by atoms with Gasteiger partial charge in [0, 0.05) is 33.2 Å². The van der Waals surface area contributed by atoms with Crippen molar-refractivity contribution in [2.45, 2.75) is 25.4 Å². The Morgan fingerprint density at radius 3 is 2.62 bits per heavy atom. The zero-order valence-electron chi connectivity index (χ0n) is 14.0. The van der Waals surface area contributed by atoms with Crippen LogP contribution in [0.15, 0.2) is 22.8 Å². The van der Waals surface area contributed by atoms with Crippen LogP contribution < -0.4 is 4.72 Å². The summed E-state index contributed by atoms with van der Waals surface area (Å²) in [5.41, 5.74) is 0. The van der Waals surface area contributed by atoms with Crippen LogP contribution in [-0.4, -0.2) is 74.2 Å². The Morgan fingerprint density at radius 2 is 2.04 bits per heavy atom. The number of rotatable bonds is 3. The maximum absolute atomic E-state index is 12.9. The monoisotopic (exact) mass is 356 g/mol. The average molecular weight is 356 g/mol. The fourth-order valence-electron chi connectivity index (χ4n) is 3.27. The number of hydrogen-bond acceptors (Lipinski definition) is 5. The summed E-state index contributed by atoms with van der Waals surface area (Å²) in [5, 5.41) is 0. The standard InChI is InChI=1S/C15H24N4O4S/c1-3-18-6-8-19(9-7-18)15(20)13-11-12(14-5-4-10-23-14)16-24(21,22)17(13)2/h4-5,10,12-13,16H,3,6-9,11H2,1-2H3/t12-,13+/m0/s1. The molecular formula is C15H24N4O4S. The van der Waals surface area contributed by atoms with E-state index in [0.29, 0.717) is 25.3 Å². The summed E-state index contributed by atoms with van der Waals surface area (Å²) in [7, 11) is -2.27. The number of carbonyl (C=O) groups is 1. The van der Waals surface area contributed by atoms with Gasteiger partial charge in [0.25, 0.3) is 10.2 Å². The molecule has 0 spiro atoms. The van der Waals surface area contributed by atoms with Gasteiger partial charge in [-0.2, -0.15) is 17.4 Å². The molecule has 0 unspecified atom stereocenters. The molecule has 2 aliphatic heterocycles. The molecule has 2 aliphatic rings. The van der Waals surface area contributed by atoms with Gasteiger partial charge in [0.05, 0.1) is 12.3 Å². The van der Waals surface area contributed by atoms with Crippen molar-refractivity contribution >= 4 is 16.1 Å². The van der Waals surface area contributed by atoms with Crippen LogP contribution in [0.2, 0.25) is 0 Å². The van der Waals surface area contributed by atoms with E-state index in [9.17, 15) is 13.2 Å². The lowest BCUT2D eigenvalue weighted by Crippen LogP contribution is -2.60. The van der Waals surface area contributed by atoms with E-state index < -0.39 is 22.3 Å². The van der Waals surface area contributed by atoms with Crippen molar-refractivity contribution in [3.63, 3.8) is 0 Å².